The van der Waals surface area contributed by atoms with E-state index in [-0.39, 0.29) is 12.1 Å². The molecular weight excluding hydrogens is 222 g/mol. The monoisotopic (exact) mass is 249 g/mol. The van der Waals surface area contributed by atoms with Gasteiger partial charge in [-0.1, -0.05) is 52.3 Å². The smallest absolute Gasteiger partial charge is 0.123 e. The lowest BCUT2D eigenvalue weighted by molar-refractivity contribution is 0.159. The van der Waals surface area contributed by atoms with E-state index in [1.165, 1.54) is 5.56 Å². The maximum absolute atomic E-state index is 6.19. The van der Waals surface area contributed by atoms with Crippen LogP contribution in [-0.4, -0.2) is 12.1 Å². The van der Waals surface area contributed by atoms with Crippen LogP contribution in [0.15, 0.2) is 24.3 Å². The molecule has 0 aliphatic rings. The fraction of sp³-hybridized carbons (Fsp3) is 0.625. The van der Waals surface area contributed by atoms with Gasteiger partial charge in [-0.15, -0.1) is 0 Å². The van der Waals surface area contributed by atoms with Gasteiger partial charge in [0.05, 0.1) is 0 Å². The minimum atomic E-state index is 0.116. The Bertz CT molecular complexity index is 349. The first-order chi connectivity index (χ1) is 8.60. The van der Waals surface area contributed by atoms with Crippen molar-refractivity contribution in [2.75, 3.05) is 0 Å². The van der Waals surface area contributed by atoms with Gasteiger partial charge in [-0.25, -0.2) is 0 Å². The molecule has 2 nitrogen and oxygen atoms in total. The van der Waals surface area contributed by atoms with E-state index in [9.17, 15) is 0 Å². The molecule has 2 atom stereocenters. The summed E-state index contributed by atoms with van der Waals surface area (Å²) in [5.41, 5.74) is 7.45. The van der Waals surface area contributed by atoms with E-state index in [1.54, 1.807) is 0 Å². The van der Waals surface area contributed by atoms with Crippen LogP contribution in [0.3, 0.4) is 0 Å². The zero-order chi connectivity index (χ0) is 13.5. The van der Waals surface area contributed by atoms with Gasteiger partial charge in [0.15, 0.2) is 0 Å². The zero-order valence-corrected chi connectivity index (χ0v) is 12.1. The quantitative estimate of drug-likeness (QED) is 0.789. The molecule has 2 N–H and O–H groups in total. The Labute approximate surface area is 112 Å². The molecule has 0 aliphatic carbocycles. The highest BCUT2D eigenvalue weighted by Gasteiger charge is 2.18. The molecule has 0 radical (unpaired) electrons. The Hall–Kier alpha value is -1.02. The highest BCUT2D eigenvalue weighted by Crippen LogP contribution is 2.27. The van der Waals surface area contributed by atoms with Crippen molar-refractivity contribution in [3.8, 4) is 5.75 Å². The molecule has 18 heavy (non-hydrogen) atoms. The molecule has 102 valence electrons. The van der Waals surface area contributed by atoms with E-state index in [0.717, 1.165) is 25.0 Å². The molecule has 0 heterocycles. The first-order valence-corrected chi connectivity index (χ1v) is 7.11. The number of benzene rings is 1. The third-order valence-corrected chi connectivity index (χ3v) is 3.32. The molecule has 0 aromatic heterocycles. The van der Waals surface area contributed by atoms with Crippen molar-refractivity contribution in [2.24, 2.45) is 5.73 Å². The Morgan fingerprint density at radius 1 is 1.17 bits per heavy atom. The summed E-state index contributed by atoms with van der Waals surface area (Å²) in [5.74, 6) is 1.46. The predicted molar refractivity (Wildman–Crippen MR) is 78.1 cm³/mol. The first-order valence-electron chi connectivity index (χ1n) is 7.11. The second-order valence-electron chi connectivity index (χ2n) is 5.21. The molecule has 0 aliphatic heterocycles. The average Bonchev–Trinajstić information content (AvgIpc) is 2.36. The van der Waals surface area contributed by atoms with Crippen molar-refractivity contribution >= 4 is 0 Å². The Morgan fingerprint density at radius 2 is 1.83 bits per heavy atom. The standard InChI is InChI=1S/C16H27NO/c1-5-9-14(17)15(6-2)18-16-11-8-7-10-13(16)12(3)4/h7-8,10-12,14-15H,5-6,9,17H2,1-4H3. The van der Waals surface area contributed by atoms with Gasteiger partial charge in [-0.05, 0) is 30.4 Å². The van der Waals surface area contributed by atoms with Gasteiger partial charge >= 0.3 is 0 Å². The number of nitrogens with two attached hydrogens (primary N) is 1. The van der Waals surface area contributed by atoms with Gasteiger partial charge in [0, 0.05) is 6.04 Å². The van der Waals surface area contributed by atoms with Crippen LogP contribution in [0.25, 0.3) is 0 Å². The molecular formula is C16H27NO. The molecule has 1 aromatic rings. The second kappa shape index (κ2) is 7.42. The normalized spacial score (nSPS) is 14.6. The SMILES string of the molecule is CCCC(N)C(CC)Oc1ccccc1C(C)C. The minimum absolute atomic E-state index is 0.116. The highest BCUT2D eigenvalue weighted by atomic mass is 16.5. The lowest BCUT2D eigenvalue weighted by Crippen LogP contribution is -2.38. The first kappa shape index (κ1) is 15.0. The maximum Gasteiger partial charge on any atom is 0.123 e. The highest BCUT2D eigenvalue weighted by molar-refractivity contribution is 5.35. The van der Waals surface area contributed by atoms with Crippen molar-refractivity contribution in [1.29, 1.82) is 0 Å². The van der Waals surface area contributed by atoms with Crippen LogP contribution in [0.1, 0.15) is 58.4 Å². The van der Waals surface area contributed by atoms with Crippen molar-refractivity contribution in [1.82, 2.24) is 0 Å². The van der Waals surface area contributed by atoms with Crippen LogP contribution >= 0.6 is 0 Å². The molecule has 1 rings (SSSR count). The Kier molecular flexibility index (Phi) is 6.20. The molecule has 0 fully saturated rings. The molecule has 0 bridgehead atoms. The molecule has 2 unspecified atom stereocenters. The third-order valence-electron chi connectivity index (χ3n) is 3.32. The van der Waals surface area contributed by atoms with E-state index in [4.69, 9.17) is 10.5 Å². The zero-order valence-electron chi connectivity index (χ0n) is 12.1. The van der Waals surface area contributed by atoms with E-state index in [0.29, 0.717) is 5.92 Å². The third kappa shape index (κ3) is 4.02. The van der Waals surface area contributed by atoms with E-state index in [2.05, 4.69) is 45.9 Å². The number of hydrogen-bond donors (Lipinski definition) is 1. The van der Waals surface area contributed by atoms with Crippen LogP contribution in [0.5, 0.6) is 5.75 Å². The number of hydrogen-bond acceptors (Lipinski definition) is 2. The van der Waals surface area contributed by atoms with Crippen molar-refractivity contribution in [3.05, 3.63) is 29.8 Å². The van der Waals surface area contributed by atoms with Gasteiger partial charge in [0.2, 0.25) is 0 Å². The molecule has 2 heteroatoms. The molecule has 0 spiro atoms. The van der Waals surface area contributed by atoms with Crippen LogP contribution in [-0.2, 0) is 0 Å². The minimum Gasteiger partial charge on any atom is -0.489 e. The second-order valence-corrected chi connectivity index (χ2v) is 5.21. The van der Waals surface area contributed by atoms with Crippen molar-refractivity contribution < 1.29 is 4.74 Å². The lowest BCUT2D eigenvalue weighted by Gasteiger charge is -2.25. The fourth-order valence-corrected chi connectivity index (χ4v) is 2.22. The van der Waals surface area contributed by atoms with Crippen molar-refractivity contribution in [3.63, 3.8) is 0 Å². The molecule has 0 saturated carbocycles. The summed E-state index contributed by atoms with van der Waals surface area (Å²) in [6.07, 6.45) is 3.19. The number of rotatable bonds is 7. The Morgan fingerprint density at radius 3 is 2.39 bits per heavy atom. The number of para-hydroxylation sites is 1. The summed E-state index contributed by atoms with van der Waals surface area (Å²) >= 11 is 0. The van der Waals surface area contributed by atoms with Gasteiger partial charge < -0.3 is 10.5 Å². The summed E-state index contributed by atoms with van der Waals surface area (Å²) in [6.45, 7) is 8.68. The molecule has 0 saturated heterocycles. The Balaban J connectivity index is 2.81. The van der Waals surface area contributed by atoms with E-state index in [1.807, 2.05) is 6.07 Å². The number of ether oxygens (including phenoxy) is 1. The summed E-state index contributed by atoms with van der Waals surface area (Å²) in [5, 5.41) is 0. The molecule has 1 aromatic carbocycles. The van der Waals surface area contributed by atoms with Crippen molar-refractivity contribution in [2.45, 2.75) is 65.0 Å². The van der Waals surface area contributed by atoms with Crippen LogP contribution in [0, 0.1) is 0 Å². The summed E-state index contributed by atoms with van der Waals surface area (Å²) in [7, 11) is 0. The predicted octanol–water partition coefficient (Wildman–Crippen LogP) is 4.09. The largest absolute Gasteiger partial charge is 0.489 e. The lowest BCUT2D eigenvalue weighted by atomic mass is 10.0. The summed E-state index contributed by atoms with van der Waals surface area (Å²) in [4.78, 5) is 0. The maximum atomic E-state index is 6.19. The topological polar surface area (TPSA) is 35.2 Å². The van der Waals surface area contributed by atoms with Gasteiger partial charge in [0.1, 0.15) is 11.9 Å². The summed E-state index contributed by atoms with van der Waals surface area (Å²) in [6, 6.07) is 8.41. The molecule has 0 amide bonds. The fourth-order valence-electron chi connectivity index (χ4n) is 2.22. The average molecular weight is 249 g/mol. The van der Waals surface area contributed by atoms with E-state index >= 15 is 0 Å². The van der Waals surface area contributed by atoms with Crippen LogP contribution in [0.4, 0.5) is 0 Å². The van der Waals surface area contributed by atoms with E-state index < -0.39 is 0 Å². The van der Waals surface area contributed by atoms with Gasteiger partial charge in [-0.2, -0.15) is 0 Å². The van der Waals surface area contributed by atoms with Gasteiger partial charge in [-0.3, -0.25) is 0 Å². The van der Waals surface area contributed by atoms with Crippen LogP contribution in [0.2, 0.25) is 0 Å². The van der Waals surface area contributed by atoms with Gasteiger partial charge in [0.25, 0.3) is 0 Å². The van der Waals surface area contributed by atoms with Crippen LogP contribution < -0.4 is 10.5 Å². The summed E-state index contributed by atoms with van der Waals surface area (Å²) < 4.78 is 6.15.